The van der Waals surface area contributed by atoms with Gasteiger partial charge in [0, 0.05) is 0 Å². The van der Waals surface area contributed by atoms with Crippen LogP contribution in [0.15, 0.2) is 17.7 Å². The van der Waals surface area contributed by atoms with Crippen LogP contribution in [0.25, 0.3) is 6.08 Å². The molecule has 1 aromatic rings. The number of allylic oxidation sites excluding steroid dienone is 1. The van der Waals surface area contributed by atoms with Crippen LogP contribution in [0.2, 0.25) is 0 Å². The van der Waals surface area contributed by atoms with Crippen LogP contribution in [-0.2, 0) is 12.8 Å². The van der Waals surface area contributed by atoms with Gasteiger partial charge in [0.2, 0.25) is 0 Å². The fourth-order valence-electron chi connectivity index (χ4n) is 2.34. The molecular formula is C14H18. The van der Waals surface area contributed by atoms with Crippen LogP contribution in [-0.4, -0.2) is 0 Å². The third-order valence-corrected chi connectivity index (χ3v) is 2.93. The molecule has 1 aliphatic carbocycles. The molecule has 0 fully saturated rings. The molecule has 0 saturated carbocycles. The number of hydrogen-bond donors (Lipinski definition) is 0. The van der Waals surface area contributed by atoms with E-state index in [1.165, 1.54) is 40.7 Å². The molecule has 0 atom stereocenters. The molecule has 0 unspecified atom stereocenters. The van der Waals surface area contributed by atoms with Gasteiger partial charge in [-0.05, 0) is 48.9 Å². The summed E-state index contributed by atoms with van der Waals surface area (Å²) in [5, 5.41) is 0. The van der Waals surface area contributed by atoms with Gasteiger partial charge in [-0.1, -0.05) is 37.1 Å². The number of aryl methyl sites for hydroxylation is 2. The van der Waals surface area contributed by atoms with Crippen molar-refractivity contribution in [2.45, 2.75) is 40.0 Å². The van der Waals surface area contributed by atoms with Crippen LogP contribution >= 0.6 is 0 Å². The first kappa shape index (κ1) is 9.51. The monoisotopic (exact) mass is 186 g/mol. The summed E-state index contributed by atoms with van der Waals surface area (Å²) in [5.74, 6) is 0. The second kappa shape index (κ2) is 3.61. The Hall–Kier alpha value is -1.04. The molecule has 0 heterocycles. The first-order valence-corrected chi connectivity index (χ1v) is 5.50. The van der Waals surface area contributed by atoms with Crippen molar-refractivity contribution in [1.82, 2.24) is 0 Å². The average molecular weight is 186 g/mol. The van der Waals surface area contributed by atoms with E-state index < -0.39 is 0 Å². The second-order valence-corrected chi connectivity index (χ2v) is 4.40. The van der Waals surface area contributed by atoms with Crippen LogP contribution in [0, 0.1) is 6.92 Å². The lowest BCUT2D eigenvalue weighted by Crippen LogP contribution is -1.92. The molecule has 0 radical (unpaired) electrons. The maximum absolute atomic E-state index is 2.39. The van der Waals surface area contributed by atoms with Gasteiger partial charge in [0.05, 0.1) is 0 Å². The van der Waals surface area contributed by atoms with Crippen molar-refractivity contribution in [1.29, 1.82) is 0 Å². The molecule has 1 aliphatic rings. The zero-order valence-electron chi connectivity index (χ0n) is 9.35. The summed E-state index contributed by atoms with van der Waals surface area (Å²) < 4.78 is 0. The van der Waals surface area contributed by atoms with E-state index in [-0.39, 0.29) is 0 Å². The molecular weight excluding hydrogens is 168 g/mol. The highest BCUT2D eigenvalue weighted by molar-refractivity contribution is 5.66. The Kier molecular flexibility index (Phi) is 2.45. The Morgan fingerprint density at radius 1 is 1.21 bits per heavy atom. The summed E-state index contributed by atoms with van der Waals surface area (Å²) in [6.45, 7) is 6.69. The summed E-state index contributed by atoms with van der Waals surface area (Å²) in [7, 11) is 0. The Morgan fingerprint density at radius 2 is 2.00 bits per heavy atom. The first-order chi connectivity index (χ1) is 6.70. The predicted octanol–water partition coefficient (Wildman–Crippen LogP) is 3.91. The fraction of sp³-hybridized carbons (Fsp3) is 0.429. The Bertz CT molecular complexity index is 383. The molecule has 0 amide bonds. The van der Waals surface area contributed by atoms with Crippen LogP contribution in [0.5, 0.6) is 0 Å². The molecule has 1 aromatic carbocycles. The molecule has 0 nitrogen and oxygen atoms in total. The number of hydrogen-bond acceptors (Lipinski definition) is 0. The van der Waals surface area contributed by atoms with Crippen LogP contribution in [0.4, 0.5) is 0 Å². The Morgan fingerprint density at radius 3 is 2.71 bits per heavy atom. The van der Waals surface area contributed by atoms with E-state index in [4.69, 9.17) is 0 Å². The molecule has 0 N–H and O–H groups in total. The topological polar surface area (TPSA) is 0 Å². The predicted molar refractivity (Wildman–Crippen MR) is 62.5 cm³/mol. The molecule has 0 saturated heterocycles. The summed E-state index contributed by atoms with van der Waals surface area (Å²) in [6.07, 6.45) is 5.95. The van der Waals surface area contributed by atoms with Crippen molar-refractivity contribution in [3.8, 4) is 0 Å². The van der Waals surface area contributed by atoms with Gasteiger partial charge >= 0.3 is 0 Å². The lowest BCUT2D eigenvalue weighted by Gasteiger charge is -2.07. The third-order valence-electron chi connectivity index (χ3n) is 2.93. The van der Waals surface area contributed by atoms with Crippen molar-refractivity contribution >= 4 is 6.08 Å². The van der Waals surface area contributed by atoms with E-state index in [9.17, 15) is 0 Å². The van der Waals surface area contributed by atoms with Crippen molar-refractivity contribution in [3.05, 3.63) is 40.0 Å². The molecule has 74 valence electrons. The quantitative estimate of drug-likeness (QED) is 0.657. The molecule has 14 heavy (non-hydrogen) atoms. The molecule has 0 bridgehead atoms. The number of fused-ring (bicyclic) bond motifs is 1. The Labute approximate surface area is 86.7 Å². The van der Waals surface area contributed by atoms with E-state index in [0.717, 1.165) is 6.42 Å². The lowest BCUT2D eigenvalue weighted by atomic mass is 9.98. The summed E-state index contributed by atoms with van der Waals surface area (Å²) >= 11 is 0. The SMILES string of the molecule is CCCc1cc(C)c2c(c1)CC(C)=C2. The lowest BCUT2D eigenvalue weighted by molar-refractivity contribution is 0.916. The molecule has 0 aliphatic heterocycles. The van der Waals surface area contributed by atoms with Crippen LogP contribution in [0.1, 0.15) is 42.5 Å². The largest absolute Gasteiger partial charge is 0.0683 e. The normalized spacial score (nSPS) is 14.1. The summed E-state index contributed by atoms with van der Waals surface area (Å²) in [5.41, 5.74) is 7.46. The average Bonchev–Trinajstić information content (AvgIpc) is 2.47. The molecule has 2 rings (SSSR count). The van der Waals surface area contributed by atoms with Crippen LogP contribution in [0.3, 0.4) is 0 Å². The minimum absolute atomic E-state index is 1.16. The van der Waals surface area contributed by atoms with Crippen molar-refractivity contribution in [3.63, 3.8) is 0 Å². The fourth-order valence-corrected chi connectivity index (χ4v) is 2.34. The maximum atomic E-state index is 2.39. The van der Waals surface area contributed by atoms with Gasteiger partial charge in [-0.15, -0.1) is 0 Å². The maximum Gasteiger partial charge on any atom is -0.00604 e. The molecule has 0 spiro atoms. The number of rotatable bonds is 2. The van der Waals surface area contributed by atoms with Gasteiger partial charge in [0.15, 0.2) is 0 Å². The zero-order chi connectivity index (χ0) is 10.1. The Balaban J connectivity index is 2.41. The standard InChI is InChI=1S/C14H18/c1-4-5-12-8-11(3)14-7-10(2)6-13(14)9-12/h7-9H,4-6H2,1-3H3. The van der Waals surface area contributed by atoms with Gasteiger partial charge in [-0.2, -0.15) is 0 Å². The first-order valence-electron chi connectivity index (χ1n) is 5.50. The van der Waals surface area contributed by atoms with Gasteiger partial charge in [0.25, 0.3) is 0 Å². The van der Waals surface area contributed by atoms with Gasteiger partial charge in [-0.25, -0.2) is 0 Å². The van der Waals surface area contributed by atoms with Crippen molar-refractivity contribution in [2.24, 2.45) is 0 Å². The van der Waals surface area contributed by atoms with E-state index in [2.05, 4.69) is 39.0 Å². The van der Waals surface area contributed by atoms with E-state index in [1.807, 2.05) is 0 Å². The van der Waals surface area contributed by atoms with Gasteiger partial charge in [-0.3, -0.25) is 0 Å². The zero-order valence-corrected chi connectivity index (χ0v) is 9.35. The summed E-state index contributed by atoms with van der Waals surface area (Å²) in [6, 6.07) is 4.73. The van der Waals surface area contributed by atoms with Crippen LogP contribution < -0.4 is 0 Å². The van der Waals surface area contributed by atoms with Crippen molar-refractivity contribution < 1.29 is 0 Å². The second-order valence-electron chi connectivity index (χ2n) is 4.40. The van der Waals surface area contributed by atoms with Gasteiger partial charge < -0.3 is 0 Å². The van der Waals surface area contributed by atoms with E-state index >= 15 is 0 Å². The smallest absolute Gasteiger partial charge is 0.00604 e. The number of benzene rings is 1. The molecule has 0 heteroatoms. The van der Waals surface area contributed by atoms with E-state index in [1.54, 1.807) is 0 Å². The highest BCUT2D eigenvalue weighted by Gasteiger charge is 2.12. The van der Waals surface area contributed by atoms with Crippen molar-refractivity contribution in [2.75, 3.05) is 0 Å². The van der Waals surface area contributed by atoms with E-state index in [0.29, 0.717) is 0 Å². The third kappa shape index (κ3) is 1.61. The highest BCUT2D eigenvalue weighted by Crippen LogP contribution is 2.28. The molecule has 0 aromatic heterocycles. The minimum Gasteiger partial charge on any atom is -0.0683 e. The highest BCUT2D eigenvalue weighted by atomic mass is 14.2. The summed E-state index contributed by atoms with van der Waals surface area (Å²) in [4.78, 5) is 0. The minimum atomic E-state index is 1.16. The van der Waals surface area contributed by atoms with Gasteiger partial charge in [0.1, 0.15) is 0 Å².